The van der Waals surface area contributed by atoms with Crippen molar-refractivity contribution >= 4 is 18.1 Å². The van der Waals surface area contributed by atoms with E-state index in [-0.39, 0.29) is 6.09 Å². The molecule has 0 aliphatic carbocycles. The van der Waals surface area contributed by atoms with Gasteiger partial charge in [-0.1, -0.05) is 0 Å². The van der Waals surface area contributed by atoms with Crippen molar-refractivity contribution in [2.24, 2.45) is 5.92 Å². The van der Waals surface area contributed by atoms with Crippen LogP contribution in [0.5, 0.6) is 0 Å². The van der Waals surface area contributed by atoms with Crippen LogP contribution in [-0.4, -0.2) is 42.5 Å². The van der Waals surface area contributed by atoms with Gasteiger partial charge in [0.2, 0.25) is 0 Å². The number of likely N-dealkylation sites (tertiary alicyclic amines) is 1. The molecule has 0 saturated carbocycles. The largest absolute Gasteiger partial charge is 0.444 e. The van der Waals surface area contributed by atoms with Crippen LogP contribution in [0.1, 0.15) is 46.5 Å². The number of ether oxygens (including phenoxy) is 1. The summed E-state index contributed by atoms with van der Waals surface area (Å²) in [6.07, 6.45) is 6.24. The van der Waals surface area contributed by atoms with Crippen molar-refractivity contribution < 1.29 is 13.7 Å². The van der Waals surface area contributed by atoms with Crippen molar-refractivity contribution in [3.63, 3.8) is 0 Å². The molecule has 0 aromatic rings. The molecule has 1 rings (SSSR count). The van der Waals surface area contributed by atoms with Gasteiger partial charge in [-0.05, 0) is 64.4 Å². The van der Waals surface area contributed by atoms with Crippen LogP contribution in [0.25, 0.3) is 0 Å². The molecule has 0 bridgehead atoms. The highest BCUT2D eigenvalue weighted by atomic mass is 32.2. The predicted molar refractivity (Wildman–Crippen MR) is 79.2 cm³/mol. The highest BCUT2D eigenvalue weighted by Crippen LogP contribution is 2.23. The first kappa shape index (κ1) is 16.6. The summed E-state index contributed by atoms with van der Waals surface area (Å²) in [4.78, 5) is 13.7. The van der Waals surface area contributed by atoms with Gasteiger partial charge in [0.25, 0.3) is 0 Å². The predicted octanol–water partition coefficient (Wildman–Crippen LogP) is 3.71. The summed E-state index contributed by atoms with van der Waals surface area (Å²) in [5.41, 5.74) is -0.400. The van der Waals surface area contributed by atoms with Crippen LogP contribution in [0, 0.1) is 5.92 Å². The zero-order chi connectivity index (χ0) is 14.3. The molecule has 1 fully saturated rings. The molecule has 0 spiro atoms. The Morgan fingerprint density at radius 2 is 1.95 bits per heavy atom. The van der Waals surface area contributed by atoms with E-state index in [0.717, 1.165) is 44.9 Å². The Balaban J connectivity index is 2.19. The maximum Gasteiger partial charge on any atom is 0.410 e. The number of carbonyl (C=O) groups excluding carboxylic acids is 1. The summed E-state index contributed by atoms with van der Waals surface area (Å²) in [5.74, 6) is 0.726. The lowest BCUT2D eigenvalue weighted by molar-refractivity contribution is 0.0179. The highest BCUT2D eigenvalue weighted by molar-refractivity contribution is 7.93. The molecule has 19 heavy (non-hydrogen) atoms. The van der Waals surface area contributed by atoms with Crippen molar-refractivity contribution in [2.45, 2.75) is 52.1 Å². The lowest BCUT2D eigenvalue weighted by Gasteiger charge is -2.33. The van der Waals surface area contributed by atoms with E-state index in [2.05, 4.69) is 0 Å². The van der Waals surface area contributed by atoms with Crippen molar-refractivity contribution in [2.75, 3.05) is 26.0 Å². The third-order valence-electron chi connectivity index (χ3n) is 3.22. The van der Waals surface area contributed by atoms with E-state index < -0.39 is 5.60 Å². The Labute approximate surface area is 121 Å². The normalized spacial score (nSPS) is 17.6. The van der Waals surface area contributed by atoms with Crippen LogP contribution in [-0.2, 0) is 8.92 Å². The summed E-state index contributed by atoms with van der Waals surface area (Å²) in [5, 5.41) is 0. The van der Waals surface area contributed by atoms with Crippen molar-refractivity contribution in [1.29, 1.82) is 0 Å². The first-order valence-electron chi connectivity index (χ1n) is 7.06. The molecule has 112 valence electrons. The second-order valence-corrected chi connectivity index (χ2v) is 6.61. The van der Waals surface area contributed by atoms with Gasteiger partial charge in [-0.2, -0.15) is 0 Å². The summed E-state index contributed by atoms with van der Waals surface area (Å²) in [6, 6.07) is 0. The Morgan fingerprint density at radius 3 is 2.47 bits per heavy atom. The third-order valence-corrected chi connectivity index (χ3v) is 3.63. The molecule has 5 heteroatoms. The fraction of sp³-hybridized carbons (Fsp3) is 0.929. The average molecular weight is 289 g/mol. The van der Waals surface area contributed by atoms with Crippen molar-refractivity contribution in [3.05, 3.63) is 0 Å². The van der Waals surface area contributed by atoms with Gasteiger partial charge in [0, 0.05) is 19.3 Å². The maximum absolute atomic E-state index is 11.9. The number of rotatable bonds is 5. The molecule has 0 N–H and O–H groups in total. The number of piperidine rings is 1. The van der Waals surface area contributed by atoms with Gasteiger partial charge >= 0.3 is 6.09 Å². The van der Waals surface area contributed by atoms with Gasteiger partial charge in [-0.15, -0.1) is 0 Å². The van der Waals surface area contributed by atoms with E-state index >= 15 is 0 Å². The zero-order valence-corrected chi connectivity index (χ0v) is 13.4. The molecule has 1 heterocycles. The van der Waals surface area contributed by atoms with E-state index in [1.54, 1.807) is 0 Å². The quantitative estimate of drug-likeness (QED) is 0.571. The number of carbonyl (C=O) groups is 1. The molecule has 0 unspecified atom stereocenters. The first-order valence-corrected chi connectivity index (χ1v) is 8.21. The molecule has 0 atom stereocenters. The second kappa shape index (κ2) is 8.00. The molecular formula is C14H27NO3S. The van der Waals surface area contributed by atoms with Crippen LogP contribution in [0.2, 0.25) is 0 Å². The van der Waals surface area contributed by atoms with Crippen LogP contribution < -0.4 is 0 Å². The molecule has 4 nitrogen and oxygen atoms in total. The number of amides is 1. The number of hydrogen-bond donors (Lipinski definition) is 0. The molecule has 1 aliphatic heterocycles. The van der Waals surface area contributed by atoms with Gasteiger partial charge in [0.15, 0.2) is 0 Å². The van der Waals surface area contributed by atoms with Gasteiger partial charge < -0.3 is 13.8 Å². The van der Waals surface area contributed by atoms with Crippen LogP contribution in [0.4, 0.5) is 4.79 Å². The summed E-state index contributed by atoms with van der Waals surface area (Å²) < 4.78 is 10.7. The molecule has 1 amide bonds. The van der Waals surface area contributed by atoms with E-state index in [4.69, 9.17) is 8.92 Å². The van der Waals surface area contributed by atoms with Crippen molar-refractivity contribution in [1.82, 2.24) is 4.90 Å². The second-order valence-electron chi connectivity index (χ2n) is 6.04. The number of hydrogen-bond acceptors (Lipinski definition) is 4. The Bertz CT molecular complexity index is 270. The third kappa shape index (κ3) is 7.06. The molecule has 1 saturated heterocycles. The van der Waals surface area contributed by atoms with Crippen molar-refractivity contribution in [3.8, 4) is 0 Å². The lowest BCUT2D eigenvalue weighted by Crippen LogP contribution is -2.41. The van der Waals surface area contributed by atoms with Gasteiger partial charge in [-0.25, -0.2) is 4.79 Å². The summed E-state index contributed by atoms with van der Waals surface area (Å²) >= 11 is 1.43. The van der Waals surface area contributed by atoms with Gasteiger partial charge in [0.1, 0.15) is 5.60 Å². The molecule has 1 aliphatic rings. The SMILES string of the molecule is CSOCCCC1CCN(C(=O)OC(C)(C)C)CC1. The number of nitrogens with zero attached hydrogens (tertiary/aromatic N) is 1. The molecule has 0 radical (unpaired) electrons. The maximum atomic E-state index is 11.9. The Morgan fingerprint density at radius 1 is 1.32 bits per heavy atom. The highest BCUT2D eigenvalue weighted by Gasteiger charge is 2.26. The fourth-order valence-electron chi connectivity index (χ4n) is 2.24. The lowest BCUT2D eigenvalue weighted by atomic mass is 9.92. The molecular weight excluding hydrogens is 262 g/mol. The van der Waals surface area contributed by atoms with E-state index in [1.807, 2.05) is 31.9 Å². The monoisotopic (exact) mass is 289 g/mol. The van der Waals surface area contributed by atoms with E-state index in [9.17, 15) is 4.79 Å². The Hall–Kier alpha value is -0.420. The molecule has 0 aromatic heterocycles. The fourth-order valence-corrected chi connectivity index (χ4v) is 2.53. The minimum absolute atomic E-state index is 0.170. The summed E-state index contributed by atoms with van der Waals surface area (Å²) in [7, 11) is 0. The minimum atomic E-state index is -0.400. The first-order chi connectivity index (χ1) is 8.92. The zero-order valence-electron chi connectivity index (χ0n) is 12.6. The standard InChI is InChI=1S/C14H27NO3S/c1-14(2,3)18-13(16)15-9-7-12(8-10-15)6-5-11-17-19-4/h12H,5-11H2,1-4H3. The van der Waals surface area contributed by atoms with Crippen LogP contribution in [0.3, 0.4) is 0 Å². The summed E-state index contributed by atoms with van der Waals surface area (Å²) in [6.45, 7) is 8.19. The van der Waals surface area contributed by atoms with Crippen LogP contribution in [0.15, 0.2) is 0 Å². The smallest absolute Gasteiger partial charge is 0.410 e. The van der Waals surface area contributed by atoms with Gasteiger partial charge in [-0.3, -0.25) is 0 Å². The molecule has 0 aromatic carbocycles. The Kier molecular flexibility index (Phi) is 7.00. The van der Waals surface area contributed by atoms with Crippen LogP contribution >= 0.6 is 12.0 Å². The van der Waals surface area contributed by atoms with Gasteiger partial charge in [0.05, 0.1) is 6.61 Å². The topological polar surface area (TPSA) is 38.8 Å². The van der Waals surface area contributed by atoms with E-state index in [0.29, 0.717) is 0 Å². The average Bonchev–Trinajstić information content (AvgIpc) is 2.33. The van der Waals surface area contributed by atoms with E-state index in [1.165, 1.54) is 18.5 Å². The minimum Gasteiger partial charge on any atom is -0.444 e.